The second-order valence-electron chi connectivity index (χ2n) is 5.08. The molecule has 1 atom stereocenters. The van der Waals surface area contributed by atoms with Crippen molar-refractivity contribution in [3.63, 3.8) is 0 Å². The SMILES string of the molecule is C=CCC(NC(=O)/C=C/c1ccc(C(C)C)cc1)C(=O)O. The van der Waals surface area contributed by atoms with Crippen LogP contribution >= 0.6 is 0 Å². The van der Waals surface area contributed by atoms with Crippen molar-refractivity contribution in [3.05, 3.63) is 54.1 Å². The van der Waals surface area contributed by atoms with Crippen molar-refractivity contribution in [2.75, 3.05) is 0 Å². The van der Waals surface area contributed by atoms with Gasteiger partial charge in [0.15, 0.2) is 0 Å². The summed E-state index contributed by atoms with van der Waals surface area (Å²) in [5, 5.41) is 11.4. The highest BCUT2D eigenvalue weighted by atomic mass is 16.4. The van der Waals surface area contributed by atoms with Gasteiger partial charge >= 0.3 is 5.97 Å². The average Bonchev–Trinajstić information content (AvgIpc) is 2.45. The summed E-state index contributed by atoms with van der Waals surface area (Å²) in [4.78, 5) is 22.6. The van der Waals surface area contributed by atoms with E-state index in [4.69, 9.17) is 5.11 Å². The maximum Gasteiger partial charge on any atom is 0.326 e. The van der Waals surface area contributed by atoms with Gasteiger partial charge in [-0.1, -0.05) is 44.2 Å². The maximum atomic E-state index is 11.7. The zero-order valence-corrected chi connectivity index (χ0v) is 12.4. The second-order valence-corrected chi connectivity index (χ2v) is 5.08. The van der Waals surface area contributed by atoms with Crippen LogP contribution in [0, 0.1) is 0 Å². The van der Waals surface area contributed by atoms with Crippen molar-refractivity contribution >= 4 is 18.0 Å². The molecule has 1 amide bonds. The van der Waals surface area contributed by atoms with Crippen LogP contribution in [-0.2, 0) is 9.59 Å². The van der Waals surface area contributed by atoms with E-state index in [0.717, 1.165) is 5.56 Å². The van der Waals surface area contributed by atoms with Crippen LogP contribution in [0.2, 0.25) is 0 Å². The lowest BCUT2D eigenvalue weighted by Gasteiger charge is -2.10. The summed E-state index contributed by atoms with van der Waals surface area (Å²) >= 11 is 0. The third-order valence-electron chi connectivity index (χ3n) is 3.05. The lowest BCUT2D eigenvalue weighted by Crippen LogP contribution is -2.39. The summed E-state index contributed by atoms with van der Waals surface area (Å²) in [5.41, 5.74) is 2.12. The summed E-state index contributed by atoms with van der Waals surface area (Å²) in [7, 11) is 0. The molecule has 0 fully saturated rings. The highest BCUT2D eigenvalue weighted by Crippen LogP contribution is 2.15. The van der Waals surface area contributed by atoms with Gasteiger partial charge in [-0.05, 0) is 29.5 Å². The molecule has 0 heterocycles. The van der Waals surface area contributed by atoms with E-state index in [-0.39, 0.29) is 6.42 Å². The van der Waals surface area contributed by atoms with Gasteiger partial charge in [0.25, 0.3) is 0 Å². The number of nitrogens with one attached hydrogen (secondary N) is 1. The van der Waals surface area contributed by atoms with Crippen LogP contribution in [0.1, 0.15) is 37.3 Å². The van der Waals surface area contributed by atoms with Crippen LogP contribution in [0.25, 0.3) is 6.08 Å². The first kappa shape index (κ1) is 16.7. The molecule has 0 saturated heterocycles. The van der Waals surface area contributed by atoms with E-state index in [2.05, 4.69) is 25.7 Å². The van der Waals surface area contributed by atoms with Crippen molar-refractivity contribution < 1.29 is 14.7 Å². The molecule has 1 unspecified atom stereocenters. The van der Waals surface area contributed by atoms with Crippen molar-refractivity contribution in [1.29, 1.82) is 0 Å². The molecular weight excluding hydrogens is 266 g/mol. The fourth-order valence-electron chi connectivity index (χ4n) is 1.77. The molecule has 0 bridgehead atoms. The van der Waals surface area contributed by atoms with Gasteiger partial charge in [0.2, 0.25) is 5.91 Å². The van der Waals surface area contributed by atoms with Gasteiger partial charge in [-0.25, -0.2) is 4.79 Å². The molecule has 21 heavy (non-hydrogen) atoms. The number of carbonyl (C=O) groups is 2. The summed E-state index contributed by atoms with van der Waals surface area (Å²) in [6.45, 7) is 7.70. The first-order chi connectivity index (χ1) is 9.93. The lowest BCUT2D eigenvalue weighted by molar-refractivity contribution is -0.141. The Kier molecular flexibility index (Phi) is 6.40. The Hall–Kier alpha value is -2.36. The minimum Gasteiger partial charge on any atom is -0.480 e. The van der Waals surface area contributed by atoms with Crippen molar-refractivity contribution in [3.8, 4) is 0 Å². The van der Waals surface area contributed by atoms with Crippen LogP contribution < -0.4 is 5.32 Å². The standard InChI is InChI=1S/C17H21NO3/c1-4-5-15(17(20)21)18-16(19)11-8-13-6-9-14(10-7-13)12(2)3/h4,6-12,15H,1,5H2,2-3H3,(H,18,19)(H,20,21)/b11-8+. The maximum absolute atomic E-state index is 11.7. The van der Waals surface area contributed by atoms with E-state index in [1.807, 2.05) is 24.3 Å². The van der Waals surface area contributed by atoms with Gasteiger partial charge in [-0.2, -0.15) is 0 Å². The molecule has 0 aliphatic rings. The number of hydrogen-bond acceptors (Lipinski definition) is 2. The van der Waals surface area contributed by atoms with Crippen LogP contribution in [0.15, 0.2) is 43.0 Å². The van der Waals surface area contributed by atoms with Crippen molar-refractivity contribution in [2.45, 2.75) is 32.2 Å². The number of carboxylic acid groups (broad SMARTS) is 1. The summed E-state index contributed by atoms with van der Waals surface area (Å²) < 4.78 is 0. The Labute approximate surface area is 125 Å². The molecule has 0 saturated carbocycles. The fraction of sp³-hybridized carbons (Fsp3) is 0.294. The summed E-state index contributed by atoms with van der Waals surface area (Å²) in [6, 6.07) is 6.94. The topological polar surface area (TPSA) is 66.4 Å². The predicted octanol–water partition coefficient (Wildman–Crippen LogP) is 2.97. The molecular formula is C17H21NO3. The van der Waals surface area contributed by atoms with E-state index >= 15 is 0 Å². The first-order valence-electron chi connectivity index (χ1n) is 6.86. The quantitative estimate of drug-likeness (QED) is 0.598. The van der Waals surface area contributed by atoms with E-state index in [1.54, 1.807) is 6.08 Å². The Morgan fingerprint density at radius 1 is 1.29 bits per heavy atom. The van der Waals surface area contributed by atoms with E-state index < -0.39 is 17.9 Å². The monoisotopic (exact) mass is 287 g/mol. The fourth-order valence-corrected chi connectivity index (χ4v) is 1.77. The second kappa shape index (κ2) is 8.04. The Morgan fingerprint density at radius 3 is 2.38 bits per heavy atom. The molecule has 4 heteroatoms. The number of amides is 1. The van der Waals surface area contributed by atoms with Gasteiger partial charge in [-0.3, -0.25) is 4.79 Å². The molecule has 1 rings (SSSR count). The van der Waals surface area contributed by atoms with Gasteiger partial charge in [0.05, 0.1) is 0 Å². The van der Waals surface area contributed by atoms with Gasteiger partial charge in [0.1, 0.15) is 6.04 Å². The Morgan fingerprint density at radius 2 is 1.90 bits per heavy atom. The number of carbonyl (C=O) groups excluding carboxylic acids is 1. The largest absolute Gasteiger partial charge is 0.480 e. The minimum absolute atomic E-state index is 0.192. The smallest absolute Gasteiger partial charge is 0.326 e. The van der Waals surface area contributed by atoms with Gasteiger partial charge in [0, 0.05) is 6.08 Å². The number of aliphatic carboxylic acids is 1. The van der Waals surface area contributed by atoms with Crippen LogP contribution in [0.5, 0.6) is 0 Å². The molecule has 0 spiro atoms. The van der Waals surface area contributed by atoms with Crippen LogP contribution in [0.4, 0.5) is 0 Å². The van der Waals surface area contributed by atoms with Crippen LogP contribution in [-0.4, -0.2) is 23.0 Å². The number of carboxylic acids is 1. The molecule has 1 aromatic carbocycles. The lowest BCUT2D eigenvalue weighted by atomic mass is 10.0. The summed E-state index contributed by atoms with van der Waals surface area (Å²) in [5.74, 6) is -1.04. The number of benzene rings is 1. The van der Waals surface area contributed by atoms with E-state index in [0.29, 0.717) is 5.92 Å². The normalized spacial score (nSPS) is 12.3. The highest BCUT2D eigenvalue weighted by Gasteiger charge is 2.16. The third-order valence-corrected chi connectivity index (χ3v) is 3.05. The van der Waals surface area contributed by atoms with Crippen molar-refractivity contribution in [2.24, 2.45) is 0 Å². The van der Waals surface area contributed by atoms with E-state index in [1.165, 1.54) is 17.7 Å². The molecule has 112 valence electrons. The predicted molar refractivity (Wildman–Crippen MR) is 83.9 cm³/mol. The minimum atomic E-state index is -1.07. The molecule has 0 radical (unpaired) electrons. The molecule has 2 N–H and O–H groups in total. The summed E-state index contributed by atoms with van der Waals surface area (Å²) in [6.07, 6.45) is 4.65. The molecule has 0 aromatic heterocycles. The Balaban J connectivity index is 2.64. The molecule has 4 nitrogen and oxygen atoms in total. The molecule has 1 aromatic rings. The van der Waals surface area contributed by atoms with Crippen molar-refractivity contribution in [1.82, 2.24) is 5.32 Å². The zero-order valence-electron chi connectivity index (χ0n) is 12.4. The highest BCUT2D eigenvalue weighted by molar-refractivity contribution is 5.94. The first-order valence-corrected chi connectivity index (χ1v) is 6.86. The van der Waals surface area contributed by atoms with Gasteiger partial charge < -0.3 is 10.4 Å². The molecule has 0 aliphatic carbocycles. The average molecular weight is 287 g/mol. The Bertz CT molecular complexity index is 529. The molecule has 0 aliphatic heterocycles. The number of hydrogen-bond donors (Lipinski definition) is 2. The third kappa shape index (κ3) is 5.65. The number of rotatable bonds is 7. The van der Waals surface area contributed by atoms with Gasteiger partial charge in [-0.15, -0.1) is 6.58 Å². The van der Waals surface area contributed by atoms with Crippen LogP contribution in [0.3, 0.4) is 0 Å². The zero-order chi connectivity index (χ0) is 15.8. The van der Waals surface area contributed by atoms with E-state index in [9.17, 15) is 9.59 Å².